The van der Waals surface area contributed by atoms with E-state index in [1.54, 1.807) is 0 Å². The molecular weight excluding hydrogens is 314 g/mol. The smallest absolute Gasteiger partial charge is 0.240 e. The number of nitrogens with one attached hydrogen (secondary N) is 1. The molecule has 1 fully saturated rings. The van der Waals surface area contributed by atoms with E-state index < -0.39 is 0 Å². The van der Waals surface area contributed by atoms with Crippen LogP contribution in [0.1, 0.15) is 12.8 Å². The van der Waals surface area contributed by atoms with E-state index in [1.807, 2.05) is 53.1 Å². The Bertz CT molecular complexity index is 945. The number of aromatic nitrogens is 1. The summed E-state index contributed by atoms with van der Waals surface area (Å²) in [7, 11) is 0. The third-order valence-corrected chi connectivity index (χ3v) is 4.97. The minimum absolute atomic E-state index is 0.000623. The highest BCUT2D eigenvalue weighted by molar-refractivity contribution is 5.94. The van der Waals surface area contributed by atoms with Gasteiger partial charge in [-0.05, 0) is 43.0 Å². The molecule has 1 saturated carbocycles. The first kappa shape index (κ1) is 15.8. The lowest BCUT2D eigenvalue weighted by Gasteiger charge is -2.19. The second-order valence-electron chi connectivity index (χ2n) is 6.70. The average Bonchev–Trinajstić information content (AvgIpc) is 3.48. The fraction of sp³-hybridized carbons (Fsp3) is 0.300. The Morgan fingerprint density at radius 3 is 2.16 bits per heavy atom. The van der Waals surface area contributed by atoms with Crippen LogP contribution < -0.4 is 16.5 Å². The summed E-state index contributed by atoms with van der Waals surface area (Å²) in [5.41, 5.74) is 7.34. The molecule has 0 saturated heterocycles. The topological polar surface area (TPSA) is 77.1 Å². The highest BCUT2D eigenvalue weighted by atomic mass is 16.2. The van der Waals surface area contributed by atoms with E-state index in [9.17, 15) is 9.59 Å². The lowest BCUT2D eigenvalue weighted by Crippen LogP contribution is -2.43. The zero-order valence-corrected chi connectivity index (χ0v) is 13.9. The van der Waals surface area contributed by atoms with E-state index in [4.69, 9.17) is 5.73 Å². The van der Waals surface area contributed by atoms with E-state index in [0.717, 1.165) is 23.9 Å². The highest BCUT2D eigenvalue weighted by Crippen LogP contribution is 2.32. The lowest BCUT2D eigenvalue weighted by atomic mass is 10.1. The first-order valence-electron chi connectivity index (χ1n) is 8.68. The molecular formula is C20H21N3O2. The van der Waals surface area contributed by atoms with Crippen LogP contribution in [-0.4, -0.2) is 23.1 Å². The van der Waals surface area contributed by atoms with Crippen LogP contribution >= 0.6 is 0 Å². The number of pyridine rings is 1. The number of para-hydroxylation sites is 2. The van der Waals surface area contributed by atoms with Crippen molar-refractivity contribution in [2.24, 2.45) is 11.7 Å². The molecule has 25 heavy (non-hydrogen) atoms. The zero-order valence-electron chi connectivity index (χ0n) is 13.9. The first-order valence-corrected chi connectivity index (χ1v) is 8.68. The lowest BCUT2D eigenvalue weighted by molar-refractivity contribution is -0.122. The van der Waals surface area contributed by atoms with Crippen molar-refractivity contribution < 1.29 is 4.79 Å². The minimum atomic E-state index is -0.0682. The fourth-order valence-electron chi connectivity index (χ4n) is 3.51. The SMILES string of the molecule is NCC(NC(=O)Cn1c2ccccc2c(=O)c2ccccc21)C1CC1. The molecule has 0 spiro atoms. The van der Waals surface area contributed by atoms with Gasteiger partial charge in [0.1, 0.15) is 6.54 Å². The predicted molar refractivity (Wildman–Crippen MR) is 99.4 cm³/mol. The maximum atomic E-state index is 12.7. The monoisotopic (exact) mass is 335 g/mol. The van der Waals surface area contributed by atoms with Crippen LogP contribution in [-0.2, 0) is 11.3 Å². The molecule has 1 aromatic heterocycles. The summed E-state index contributed by atoms with van der Waals surface area (Å²) in [6.07, 6.45) is 2.26. The number of nitrogens with two attached hydrogens (primary N) is 1. The molecule has 1 heterocycles. The van der Waals surface area contributed by atoms with Crippen molar-refractivity contribution in [1.82, 2.24) is 9.88 Å². The van der Waals surface area contributed by atoms with Gasteiger partial charge in [0, 0.05) is 23.4 Å². The van der Waals surface area contributed by atoms with Crippen LogP contribution in [0.5, 0.6) is 0 Å². The van der Waals surface area contributed by atoms with E-state index >= 15 is 0 Å². The molecule has 1 aliphatic carbocycles. The van der Waals surface area contributed by atoms with Crippen LogP contribution in [0, 0.1) is 5.92 Å². The standard InChI is InChI=1S/C20H21N3O2/c21-11-16(13-9-10-13)22-19(24)12-23-17-7-3-1-5-14(17)20(25)15-6-2-4-8-18(15)23/h1-8,13,16H,9-12,21H2,(H,22,24). The summed E-state index contributed by atoms with van der Waals surface area (Å²) in [4.78, 5) is 25.3. The quantitative estimate of drug-likeness (QED) is 0.700. The van der Waals surface area contributed by atoms with Crippen molar-refractivity contribution in [3.63, 3.8) is 0 Å². The third-order valence-electron chi connectivity index (χ3n) is 4.97. The number of carbonyl (C=O) groups excluding carboxylic acids is 1. The van der Waals surface area contributed by atoms with Crippen molar-refractivity contribution in [2.45, 2.75) is 25.4 Å². The molecule has 5 heteroatoms. The summed E-state index contributed by atoms with van der Waals surface area (Å²) in [5, 5.41) is 4.32. The van der Waals surface area contributed by atoms with E-state index in [2.05, 4.69) is 5.32 Å². The van der Waals surface area contributed by atoms with Gasteiger partial charge < -0.3 is 15.6 Å². The fourth-order valence-corrected chi connectivity index (χ4v) is 3.51. The van der Waals surface area contributed by atoms with Crippen LogP contribution in [0.15, 0.2) is 53.3 Å². The maximum Gasteiger partial charge on any atom is 0.240 e. The van der Waals surface area contributed by atoms with Gasteiger partial charge in [-0.15, -0.1) is 0 Å². The third kappa shape index (κ3) is 2.91. The molecule has 1 aliphatic rings. The highest BCUT2D eigenvalue weighted by Gasteiger charge is 2.31. The van der Waals surface area contributed by atoms with Gasteiger partial charge in [-0.2, -0.15) is 0 Å². The van der Waals surface area contributed by atoms with Gasteiger partial charge in [0.15, 0.2) is 5.43 Å². The average molecular weight is 335 g/mol. The van der Waals surface area contributed by atoms with Gasteiger partial charge in [0.05, 0.1) is 11.0 Å². The van der Waals surface area contributed by atoms with Gasteiger partial charge >= 0.3 is 0 Å². The number of amides is 1. The van der Waals surface area contributed by atoms with Gasteiger partial charge in [0.25, 0.3) is 0 Å². The number of hydrogen-bond donors (Lipinski definition) is 2. The largest absolute Gasteiger partial charge is 0.350 e. The molecule has 1 amide bonds. The number of fused-ring (bicyclic) bond motifs is 2. The molecule has 2 aromatic carbocycles. The van der Waals surface area contributed by atoms with Crippen LogP contribution in [0.2, 0.25) is 0 Å². The molecule has 0 radical (unpaired) electrons. The zero-order chi connectivity index (χ0) is 17.4. The van der Waals surface area contributed by atoms with Crippen molar-refractivity contribution >= 4 is 27.7 Å². The Morgan fingerprint density at radius 2 is 1.64 bits per heavy atom. The Kier molecular flexibility index (Phi) is 4.01. The number of carbonyl (C=O) groups is 1. The van der Waals surface area contributed by atoms with E-state index in [0.29, 0.717) is 23.2 Å². The van der Waals surface area contributed by atoms with E-state index in [1.165, 1.54) is 0 Å². The Labute approximate surface area is 145 Å². The number of benzene rings is 2. The van der Waals surface area contributed by atoms with Gasteiger partial charge in [-0.25, -0.2) is 0 Å². The van der Waals surface area contributed by atoms with Gasteiger partial charge in [0.2, 0.25) is 5.91 Å². The second kappa shape index (κ2) is 6.33. The summed E-state index contributed by atoms with van der Waals surface area (Å²) < 4.78 is 1.92. The summed E-state index contributed by atoms with van der Waals surface area (Å²) in [5.74, 6) is 0.442. The Balaban J connectivity index is 1.78. The van der Waals surface area contributed by atoms with Gasteiger partial charge in [-0.1, -0.05) is 24.3 Å². The summed E-state index contributed by atoms with van der Waals surface area (Å²) >= 11 is 0. The molecule has 1 unspecified atom stereocenters. The number of nitrogens with zero attached hydrogens (tertiary/aromatic N) is 1. The number of hydrogen-bond acceptors (Lipinski definition) is 3. The van der Waals surface area contributed by atoms with Crippen LogP contribution in [0.25, 0.3) is 21.8 Å². The van der Waals surface area contributed by atoms with Crippen molar-refractivity contribution in [3.8, 4) is 0 Å². The van der Waals surface area contributed by atoms with Crippen molar-refractivity contribution in [1.29, 1.82) is 0 Å². The number of rotatable bonds is 5. The summed E-state index contributed by atoms with van der Waals surface area (Å²) in [6.45, 7) is 0.632. The molecule has 5 nitrogen and oxygen atoms in total. The first-order chi connectivity index (χ1) is 12.2. The molecule has 0 bridgehead atoms. The van der Waals surface area contributed by atoms with Crippen LogP contribution in [0.4, 0.5) is 0 Å². The molecule has 1 atom stereocenters. The summed E-state index contributed by atoms with van der Waals surface area (Å²) in [6, 6.07) is 14.9. The van der Waals surface area contributed by atoms with Crippen LogP contribution in [0.3, 0.4) is 0 Å². The van der Waals surface area contributed by atoms with Gasteiger partial charge in [-0.3, -0.25) is 9.59 Å². The molecule has 0 aliphatic heterocycles. The molecule has 128 valence electrons. The Hall–Kier alpha value is -2.66. The van der Waals surface area contributed by atoms with E-state index in [-0.39, 0.29) is 23.9 Å². The maximum absolute atomic E-state index is 12.7. The molecule has 4 rings (SSSR count). The molecule has 3 aromatic rings. The Morgan fingerprint density at radius 1 is 1.08 bits per heavy atom. The minimum Gasteiger partial charge on any atom is -0.350 e. The normalized spacial score (nSPS) is 15.4. The predicted octanol–water partition coefficient (Wildman–Crippen LogP) is 2.01. The second-order valence-corrected chi connectivity index (χ2v) is 6.70. The molecule has 3 N–H and O–H groups in total. The van der Waals surface area contributed by atoms with Crippen molar-refractivity contribution in [2.75, 3.05) is 6.54 Å². The van der Waals surface area contributed by atoms with Crippen molar-refractivity contribution in [3.05, 3.63) is 58.8 Å².